The molecule has 0 saturated heterocycles. The maximum absolute atomic E-state index is 13.1. The number of anilines is 2. The van der Waals surface area contributed by atoms with Gasteiger partial charge in [-0.15, -0.1) is 0 Å². The maximum atomic E-state index is 13.1. The zero-order valence-electron chi connectivity index (χ0n) is 17.5. The van der Waals surface area contributed by atoms with Crippen molar-refractivity contribution < 1.29 is 14.0 Å². The molecule has 0 radical (unpaired) electrons. The molecule has 3 aromatic rings. The first kappa shape index (κ1) is 21.8. The highest BCUT2D eigenvalue weighted by Gasteiger charge is 2.35. The van der Waals surface area contributed by atoms with Crippen molar-refractivity contribution in [2.24, 2.45) is 0 Å². The Labute approximate surface area is 187 Å². The van der Waals surface area contributed by atoms with Crippen molar-refractivity contribution >= 4 is 35.1 Å². The van der Waals surface area contributed by atoms with Gasteiger partial charge in [0.1, 0.15) is 11.6 Å². The number of carbonyl (C=O) groups is 2. The number of hydrogen-bond donors (Lipinski definition) is 3. The van der Waals surface area contributed by atoms with E-state index in [1.165, 1.54) is 23.9 Å². The Kier molecular flexibility index (Phi) is 6.09. The fourth-order valence-corrected chi connectivity index (χ4v) is 4.37. The summed E-state index contributed by atoms with van der Waals surface area (Å²) in [6.45, 7) is 3.83. The molecule has 9 heteroatoms. The van der Waals surface area contributed by atoms with Crippen molar-refractivity contribution in [3.05, 3.63) is 80.9 Å². The second-order valence-corrected chi connectivity index (χ2v) is 8.63. The van der Waals surface area contributed by atoms with E-state index < -0.39 is 17.4 Å². The number of aryl methyl sites for hydroxylation is 2. The monoisotopic (exact) mass is 452 g/mol. The summed E-state index contributed by atoms with van der Waals surface area (Å²) < 4.78 is 13.1. The molecular weight excluding hydrogens is 431 g/mol. The van der Waals surface area contributed by atoms with E-state index >= 15 is 0 Å². The first-order valence-corrected chi connectivity index (χ1v) is 11.0. The number of rotatable bonds is 5. The highest BCUT2D eigenvalue weighted by molar-refractivity contribution is 7.98. The molecule has 2 aromatic carbocycles. The number of carbonyl (C=O) groups excluding carboxylic acids is 2. The minimum absolute atomic E-state index is 0.0902. The van der Waals surface area contributed by atoms with Gasteiger partial charge in [0, 0.05) is 17.9 Å². The lowest BCUT2D eigenvalue weighted by Crippen LogP contribution is -2.36. The number of hydrogen-bond acceptors (Lipinski definition) is 5. The van der Waals surface area contributed by atoms with Crippen LogP contribution in [0.1, 0.15) is 34.6 Å². The van der Waals surface area contributed by atoms with Crippen LogP contribution >= 0.6 is 11.8 Å². The molecule has 164 valence electrons. The van der Waals surface area contributed by atoms with Crippen molar-refractivity contribution in [3.8, 4) is 0 Å². The summed E-state index contributed by atoms with van der Waals surface area (Å²) in [7, 11) is 0. The molecule has 1 atom stereocenters. The van der Waals surface area contributed by atoms with Crippen molar-refractivity contribution in [1.29, 1.82) is 0 Å². The third-order valence-electron chi connectivity index (χ3n) is 5.17. The first-order valence-electron chi connectivity index (χ1n) is 9.99. The molecule has 0 aliphatic carbocycles. The second-order valence-electron chi connectivity index (χ2n) is 7.66. The lowest BCUT2D eigenvalue weighted by atomic mass is 9.92. The number of halogens is 1. The van der Waals surface area contributed by atoms with Gasteiger partial charge in [-0.05, 0) is 43.2 Å². The molecule has 1 unspecified atom stereocenters. The Morgan fingerprint density at radius 1 is 1.19 bits per heavy atom. The van der Waals surface area contributed by atoms with Crippen molar-refractivity contribution in [2.75, 3.05) is 10.6 Å². The smallest absolute Gasteiger partial charge is 0.257 e. The lowest BCUT2D eigenvalue weighted by Gasteiger charge is -2.24. The van der Waals surface area contributed by atoms with Crippen LogP contribution in [0.5, 0.6) is 0 Å². The Morgan fingerprint density at radius 2 is 1.94 bits per heavy atom. The minimum atomic E-state index is -0.952. The molecule has 0 saturated carbocycles. The molecule has 1 aromatic heterocycles. The summed E-state index contributed by atoms with van der Waals surface area (Å²) in [6, 6.07) is 11.6. The van der Waals surface area contributed by atoms with Gasteiger partial charge in [-0.2, -0.15) is 0 Å². The van der Waals surface area contributed by atoms with E-state index in [2.05, 4.69) is 20.6 Å². The number of aromatic amines is 1. The predicted octanol–water partition coefficient (Wildman–Crippen LogP) is 3.88. The predicted molar refractivity (Wildman–Crippen MR) is 121 cm³/mol. The Morgan fingerprint density at radius 3 is 2.66 bits per heavy atom. The van der Waals surface area contributed by atoms with Crippen LogP contribution in [0.15, 0.2) is 52.4 Å². The van der Waals surface area contributed by atoms with Gasteiger partial charge in [0.2, 0.25) is 11.8 Å². The highest BCUT2D eigenvalue weighted by Crippen LogP contribution is 2.31. The number of thioether (sulfide) groups is 1. The zero-order valence-corrected chi connectivity index (χ0v) is 18.3. The number of H-pyrrole nitrogens is 1. The Balaban J connectivity index is 1.57. The molecule has 0 fully saturated rings. The summed E-state index contributed by atoms with van der Waals surface area (Å²) in [5.41, 5.74) is 3.10. The van der Waals surface area contributed by atoms with Crippen LogP contribution in [0.2, 0.25) is 0 Å². The quantitative estimate of drug-likeness (QED) is 0.403. The third kappa shape index (κ3) is 4.72. The fraction of sp³-hybridized carbons (Fsp3) is 0.217. The normalized spacial score (nSPS) is 15.1. The maximum Gasteiger partial charge on any atom is 0.257 e. The van der Waals surface area contributed by atoms with E-state index in [0.29, 0.717) is 16.6 Å². The van der Waals surface area contributed by atoms with Gasteiger partial charge in [0.25, 0.3) is 5.56 Å². The summed E-state index contributed by atoms with van der Waals surface area (Å²) in [6.07, 6.45) is -0.142. The van der Waals surface area contributed by atoms with Crippen LogP contribution in [0, 0.1) is 19.7 Å². The molecule has 2 amide bonds. The Hall–Kier alpha value is -3.46. The molecule has 7 nitrogen and oxygen atoms in total. The van der Waals surface area contributed by atoms with E-state index in [1.54, 1.807) is 18.2 Å². The van der Waals surface area contributed by atoms with E-state index in [4.69, 9.17) is 0 Å². The van der Waals surface area contributed by atoms with Crippen LogP contribution in [-0.4, -0.2) is 21.8 Å². The number of aromatic nitrogens is 2. The van der Waals surface area contributed by atoms with E-state index in [9.17, 15) is 18.8 Å². The van der Waals surface area contributed by atoms with Gasteiger partial charge in [0.05, 0.1) is 11.5 Å². The van der Waals surface area contributed by atoms with Gasteiger partial charge in [-0.25, -0.2) is 9.37 Å². The number of nitrogens with zero attached hydrogens (tertiary/aromatic N) is 1. The molecule has 2 heterocycles. The van der Waals surface area contributed by atoms with Crippen molar-refractivity contribution in [1.82, 2.24) is 9.97 Å². The van der Waals surface area contributed by atoms with Gasteiger partial charge in [-0.3, -0.25) is 14.4 Å². The standard InChI is InChI=1S/C23H21FN4O3S/c1-12-3-8-17(13(2)9-12)25-21(30)16-10-18(29)26-20-19(16)22(31)28-23(27-20)32-11-14-4-6-15(24)7-5-14/h3-9,16H,10-11H2,1-2H3,(H,25,30)(H2,26,27,28,29,31). The molecule has 1 aliphatic rings. The van der Waals surface area contributed by atoms with Gasteiger partial charge in [-0.1, -0.05) is 41.6 Å². The van der Waals surface area contributed by atoms with Crippen LogP contribution in [-0.2, 0) is 15.3 Å². The van der Waals surface area contributed by atoms with Crippen molar-refractivity contribution in [2.45, 2.75) is 37.1 Å². The van der Waals surface area contributed by atoms with Crippen LogP contribution in [0.4, 0.5) is 15.9 Å². The molecule has 3 N–H and O–H groups in total. The summed E-state index contributed by atoms with van der Waals surface area (Å²) in [5, 5.41) is 5.73. The SMILES string of the molecule is Cc1ccc(NC(=O)C2CC(=O)Nc3nc(SCc4ccc(F)cc4)[nH]c(=O)c32)c(C)c1. The number of nitrogens with one attached hydrogen (secondary N) is 3. The summed E-state index contributed by atoms with van der Waals surface area (Å²) in [4.78, 5) is 45.1. The van der Waals surface area contributed by atoms with Crippen LogP contribution < -0.4 is 16.2 Å². The molecule has 32 heavy (non-hydrogen) atoms. The van der Waals surface area contributed by atoms with E-state index in [1.807, 2.05) is 26.0 Å². The first-order chi connectivity index (χ1) is 15.3. The zero-order chi connectivity index (χ0) is 22.8. The average molecular weight is 453 g/mol. The highest BCUT2D eigenvalue weighted by atomic mass is 32.2. The third-order valence-corrected chi connectivity index (χ3v) is 6.12. The Bertz CT molecular complexity index is 1260. The van der Waals surface area contributed by atoms with Gasteiger partial charge < -0.3 is 15.6 Å². The van der Waals surface area contributed by atoms with Crippen LogP contribution in [0.3, 0.4) is 0 Å². The molecule has 0 spiro atoms. The van der Waals surface area contributed by atoms with Crippen molar-refractivity contribution in [3.63, 3.8) is 0 Å². The summed E-state index contributed by atoms with van der Waals surface area (Å²) >= 11 is 1.24. The average Bonchev–Trinajstić information content (AvgIpc) is 2.74. The number of fused-ring (bicyclic) bond motifs is 1. The molecule has 0 bridgehead atoms. The molecular formula is C23H21FN4O3S. The second kappa shape index (κ2) is 8.96. The van der Waals surface area contributed by atoms with Gasteiger partial charge in [0.15, 0.2) is 5.16 Å². The lowest BCUT2D eigenvalue weighted by molar-refractivity contribution is -0.123. The largest absolute Gasteiger partial charge is 0.325 e. The topological polar surface area (TPSA) is 104 Å². The molecule has 1 aliphatic heterocycles. The summed E-state index contributed by atoms with van der Waals surface area (Å²) in [5.74, 6) is -1.56. The fourth-order valence-electron chi connectivity index (χ4n) is 3.55. The van der Waals surface area contributed by atoms with Crippen LogP contribution in [0.25, 0.3) is 0 Å². The van der Waals surface area contributed by atoms with E-state index in [0.717, 1.165) is 16.7 Å². The van der Waals surface area contributed by atoms with Gasteiger partial charge >= 0.3 is 0 Å². The number of benzene rings is 2. The molecule has 4 rings (SSSR count). The van der Waals surface area contributed by atoms with E-state index in [-0.39, 0.29) is 29.5 Å². The minimum Gasteiger partial charge on any atom is -0.325 e. The number of amides is 2.